The number of ether oxygens (including phenoxy) is 1. The van der Waals surface area contributed by atoms with Crippen molar-refractivity contribution in [3.05, 3.63) is 60.3 Å². The van der Waals surface area contributed by atoms with E-state index in [1.54, 1.807) is 12.1 Å². The highest BCUT2D eigenvalue weighted by molar-refractivity contribution is 5.72. The third kappa shape index (κ3) is 2.69. The third-order valence-electron chi connectivity index (χ3n) is 2.91. The van der Waals surface area contributed by atoms with E-state index >= 15 is 0 Å². The van der Waals surface area contributed by atoms with Crippen molar-refractivity contribution < 1.29 is 13.5 Å². The maximum Gasteiger partial charge on any atom is 0.136 e. The number of hydrogen-bond donors (Lipinski definition) is 2. The van der Waals surface area contributed by atoms with E-state index in [1.807, 2.05) is 0 Å². The molecule has 0 unspecified atom stereocenters. The molecule has 0 aliphatic heterocycles. The van der Waals surface area contributed by atoms with Crippen molar-refractivity contribution in [2.45, 2.75) is 0 Å². The molecule has 0 atom stereocenters. The van der Waals surface area contributed by atoms with Gasteiger partial charge in [-0.2, -0.15) is 5.10 Å². The van der Waals surface area contributed by atoms with Crippen molar-refractivity contribution >= 4 is 5.69 Å². The fourth-order valence-corrected chi connectivity index (χ4v) is 1.94. The molecule has 0 spiro atoms. The van der Waals surface area contributed by atoms with Crippen molar-refractivity contribution in [3.8, 4) is 22.8 Å². The van der Waals surface area contributed by atoms with E-state index in [1.165, 1.54) is 36.5 Å². The van der Waals surface area contributed by atoms with E-state index in [2.05, 4.69) is 10.2 Å². The van der Waals surface area contributed by atoms with Crippen LogP contribution in [0.4, 0.5) is 14.5 Å². The molecule has 0 radical (unpaired) electrons. The van der Waals surface area contributed by atoms with E-state index in [9.17, 15) is 8.78 Å². The van der Waals surface area contributed by atoms with Gasteiger partial charge in [-0.25, -0.2) is 8.78 Å². The highest BCUT2D eigenvalue weighted by Crippen LogP contribution is 2.30. The Kier molecular flexibility index (Phi) is 3.27. The Bertz CT molecular complexity index is 786. The van der Waals surface area contributed by atoms with Crippen LogP contribution in [0.5, 0.6) is 11.5 Å². The Morgan fingerprint density at radius 1 is 1.05 bits per heavy atom. The van der Waals surface area contributed by atoms with Crippen LogP contribution in [0.25, 0.3) is 11.3 Å². The highest BCUT2D eigenvalue weighted by Gasteiger charge is 2.11. The predicted molar refractivity (Wildman–Crippen MR) is 74.9 cm³/mol. The van der Waals surface area contributed by atoms with Gasteiger partial charge in [0.15, 0.2) is 0 Å². The van der Waals surface area contributed by atoms with Gasteiger partial charge in [-0.1, -0.05) is 6.07 Å². The summed E-state index contributed by atoms with van der Waals surface area (Å²) in [6.07, 6.45) is 1.41. The minimum Gasteiger partial charge on any atom is -0.457 e. The van der Waals surface area contributed by atoms with Crippen molar-refractivity contribution in [1.82, 2.24) is 10.2 Å². The second-order valence-electron chi connectivity index (χ2n) is 4.40. The summed E-state index contributed by atoms with van der Waals surface area (Å²) in [5.74, 6) is -0.377. The normalized spacial score (nSPS) is 10.6. The van der Waals surface area contributed by atoms with Crippen LogP contribution < -0.4 is 10.5 Å². The van der Waals surface area contributed by atoms with Gasteiger partial charge in [0.25, 0.3) is 0 Å². The quantitative estimate of drug-likeness (QED) is 0.771. The number of H-pyrrole nitrogens is 1. The molecule has 0 fully saturated rings. The number of hydrogen-bond acceptors (Lipinski definition) is 3. The number of benzene rings is 2. The molecular formula is C15H11F2N3O. The van der Waals surface area contributed by atoms with E-state index in [4.69, 9.17) is 10.5 Å². The molecule has 2 aromatic carbocycles. The van der Waals surface area contributed by atoms with Crippen LogP contribution in [0.15, 0.2) is 48.7 Å². The lowest BCUT2D eigenvalue weighted by atomic mass is 10.1. The SMILES string of the molecule is Nc1cn[nH]c1-c1ccc(Oc2cccc(F)c2)cc1F. The summed E-state index contributed by atoms with van der Waals surface area (Å²) in [5.41, 5.74) is 6.74. The Morgan fingerprint density at radius 2 is 1.86 bits per heavy atom. The number of nitrogens with two attached hydrogens (primary N) is 1. The molecule has 3 rings (SSSR count). The number of halogens is 2. The lowest BCUT2D eigenvalue weighted by Crippen LogP contribution is -1.92. The molecule has 6 heteroatoms. The van der Waals surface area contributed by atoms with E-state index in [0.717, 1.165) is 0 Å². The van der Waals surface area contributed by atoms with Crippen molar-refractivity contribution in [2.24, 2.45) is 0 Å². The van der Waals surface area contributed by atoms with Gasteiger partial charge >= 0.3 is 0 Å². The molecule has 1 heterocycles. The van der Waals surface area contributed by atoms with Crippen LogP contribution in [0.3, 0.4) is 0 Å². The lowest BCUT2D eigenvalue weighted by Gasteiger charge is -2.08. The van der Waals surface area contributed by atoms with Crippen LogP contribution in [-0.2, 0) is 0 Å². The average Bonchev–Trinajstić information content (AvgIpc) is 2.85. The first-order chi connectivity index (χ1) is 10.1. The molecule has 1 aromatic heterocycles. The number of anilines is 1. The number of nitrogens with one attached hydrogen (secondary N) is 1. The Morgan fingerprint density at radius 3 is 2.52 bits per heavy atom. The molecule has 21 heavy (non-hydrogen) atoms. The summed E-state index contributed by atoms with van der Waals surface area (Å²) in [6.45, 7) is 0. The first kappa shape index (κ1) is 13.1. The zero-order chi connectivity index (χ0) is 14.8. The van der Waals surface area contributed by atoms with Gasteiger partial charge in [0.05, 0.1) is 17.6 Å². The standard InChI is InChI=1S/C15H11F2N3O/c16-9-2-1-3-10(6-9)21-11-4-5-12(13(17)7-11)15-14(18)8-19-20-15/h1-8H,18H2,(H,19,20). The number of aromatic nitrogens is 2. The molecule has 3 aromatic rings. The number of nitrogen functional groups attached to an aromatic ring is 1. The third-order valence-corrected chi connectivity index (χ3v) is 2.91. The van der Waals surface area contributed by atoms with E-state index in [0.29, 0.717) is 17.1 Å². The van der Waals surface area contributed by atoms with Gasteiger partial charge in [-0.05, 0) is 24.3 Å². The minimum atomic E-state index is -0.514. The Balaban J connectivity index is 1.90. The number of aromatic amines is 1. The van der Waals surface area contributed by atoms with E-state index in [-0.39, 0.29) is 11.3 Å². The zero-order valence-electron chi connectivity index (χ0n) is 10.8. The second kappa shape index (κ2) is 5.24. The van der Waals surface area contributed by atoms with Gasteiger partial charge < -0.3 is 10.5 Å². The van der Waals surface area contributed by atoms with Gasteiger partial charge in [0.2, 0.25) is 0 Å². The molecule has 0 aliphatic rings. The summed E-state index contributed by atoms with van der Waals surface area (Å²) in [4.78, 5) is 0. The fourth-order valence-electron chi connectivity index (χ4n) is 1.94. The topological polar surface area (TPSA) is 63.9 Å². The molecule has 0 amide bonds. The maximum absolute atomic E-state index is 14.1. The van der Waals surface area contributed by atoms with Crippen LogP contribution in [0.1, 0.15) is 0 Å². The molecular weight excluding hydrogens is 276 g/mol. The maximum atomic E-state index is 14.1. The molecule has 106 valence electrons. The van der Waals surface area contributed by atoms with Gasteiger partial charge in [-0.3, -0.25) is 5.10 Å². The van der Waals surface area contributed by atoms with Gasteiger partial charge in [0.1, 0.15) is 23.1 Å². The number of rotatable bonds is 3. The highest BCUT2D eigenvalue weighted by atomic mass is 19.1. The average molecular weight is 287 g/mol. The van der Waals surface area contributed by atoms with Gasteiger partial charge in [0, 0.05) is 17.7 Å². The largest absolute Gasteiger partial charge is 0.457 e. The summed E-state index contributed by atoms with van der Waals surface area (Å²) in [5, 5.41) is 6.38. The van der Waals surface area contributed by atoms with Crippen molar-refractivity contribution in [3.63, 3.8) is 0 Å². The van der Waals surface area contributed by atoms with Gasteiger partial charge in [-0.15, -0.1) is 0 Å². The van der Waals surface area contributed by atoms with Crippen LogP contribution in [0.2, 0.25) is 0 Å². The van der Waals surface area contributed by atoms with E-state index < -0.39 is 11.6 Å². The molecule has 0 aliphatic carbocycles. The molecule has 4 nitrogen and oxygen atoms in total. The summed E-state index contributed by atoms with van der Waals surface area (Å²) >= 11 is 0. The predicted octanol–water partition coefficient (Wildman–Crippen LogP) is 3.73. The summed E-state index contributed by atoms with van der Waals surface area (Å²) in [7, 11) is 0. The lowest BCUT2D eigenvalue weighted by molar-refractivity contribution is 0.471. The Hall–Kier alpha value is -2.89. The van der Waals surface area contributed by atoms with Crippen molar-refractivity contribution in [2.75, 3.05) is 5.73 Å². The summed E-state index contributed by atoms with van der Waals surface area (Å²) < 4.78 is 32.6. The number of nitrogens with zero attached hydrogens (tertiary/aromatic N) is 1. The van der Waals surface area contributed by atoms with Crippen LogP contribution in [0, 0.1) is 11.6 Å². The minimum absolute atomic E-state index is 0.264. The molecule has 0 bridgehead atoms. The first-order valence-electron chi connectivity index (χ1n) is 6.15. The zero-order valence-corrected chi connectivity index (χ0v) is 10.8. The summed E-state index contributed by atoms with van der Waals surface area (Å²) in [6, 6.07) is 9.93. The van der Waals surface area contributed by atoms with Crippen LogP contribution in [-0.4, -0.2) is 10.2 Å². The second-order valence-corrected chi connectivity index (χ2v) is 4.40. The van der Waals surface area contributed by atoms with Crippen molar-refractivity contribution in [1.29, 1.82) is 0 Å². The van der Waals surface area contributed by atoms with Crippen LogP contribution >= 0.6 is 0 Å². The molecule has 0 saturated heterocycles. The first-order valence-corrected chi connectivity index (χ1v) is 6.15. The monoisotopic (exact) mass is 287 g/mol. The smallest absolute Gasteiger partial charge is 0.136 e. The molecule has 3 N–H and O–H groups in total. The molecule has 0 saturated carbocycles. The Labute approximate surface area is 119 Å². The fraction of sp³-hybridized carbons (Fsp3) is 0.